The number of carbonyl (C=O) groups is 1. The van der Waals surface area contributed by atoms with Crippen LogP contribution in [0.3, 0.4) is 0 Å². The summed E-state index contributed by atoms with van der Waals surface area (Å²) in [5, 5.41) is 10.1. The molecule has 0 aliphatic carbocycles. The molecule has 0 aliphatic heterocycles. The predicted octanol–water partition coefficient (Wildman–Crippen LogP) is 5.32. The molecule has 0 saturated carbocycles. The van der Waals surface area contributed by atoms with E-state index >= 15 is 0 Å². The molecule has 6 nitrogen and oxygen atoms in total. The number of furan rings is 1. The van der Waals surface area contributed by atoms with Crippen LogP contribution in [-0.4, -0.2) is 27.8 Å². The largest absolute Gasteiger partial charge is 0.463 e. The number of thioether (sulfide) groups is 1. The van der Waals surface area contributed by atoms with Gasteiger partial charge in [-0.25, -0.2) is 4.79 Å². The van der Waals surface area contributed by atoms with Gasteiger partial charge in [-0.2, -0.15) is 0 Å². The summed E-state index contributed by atoms with van der Waals surface area (Å²) in [5.74, 6) is 1.51. The highest BCUT2D eigenvalue weighted by Gasteiger charge is 2.18. The Morgan fingerprint density at radius 1 is 1.07 bits per heavy atom. The smallest absolute Gasteiger partial charge is 0.373 e. The van der Waals surface area contributed by atoms with Crippen molar-refractivity contribution in [1.82, 2.24) is 14.8 Å². The first-order chi connectivity index (χ1) is 14.7. The molecule has 2 aromatic carbocycles. The maximum absolute atomic E-state index is 11.6. The summed E-state index contributed by atoms with van der Waals surface area (Å²) in [4.78, 5) is 11.6. The molecule has 152 valence electrons. The average Bonchev–Trinajstić information content (AvgIpc) is 3.40. The normalized spacial score (nSPS) is 10.9. The third-order valence-electron chi connectivity index (χ3n) is 4.41. The van der Waals surface area contributed by atoms with Crippen molar-refractivity contribution in [2.24, 2.45) is 0 Å². The van der Waals surface area contributed by atoms with Crippen molar-refractivity contribution in [3.8, 4) is 11.4 Å². The molecule has 0 aliphatic rings. The molecule has 0 fully saturated rings. The van der Waals surface area contributed by atoms with Crippen LogP contribution in [0.1, 0.15) is 21.9 Å². The molecule has 0 radical (unpaired) electrons. The molecule has 2 heterocycles. The number of hydrogen-bond acceptors (Lipinski definition) is 6. The number of methoxy groups -OCH3 is 1. The minimum atomic E-state index is -0.500. The second-order valence-corrected chi connectivity index (χ2v) is 7.75. The molecule has 2 aromatic heterocycles. The Morgan fingerprint density at radius 2 is 1.83 bits per heavy atom. The minimum absolute atomic E-state index is 0.176. The van der Waals surface area contributed by atoms with Crippen LogP contribution >= 0.6 is 23.4 Å². The SMILES string of the molecule is COC(=O)c1ccc(CSc2nnc(-c3ccccc3Cl)n2Cc2ccccc2)o1. The Morgan fingerprint density at radius 3 is 2.60 bits per heavy atom. The van der Waals surface area contributed by atoms with Gasteiger partial charge >= 0.3 is 5.97 Å². The van der Waals surface area contributed by atoms with Crippen LogP contribution in [0.25, 0.3) is 11.4 Å². The van der Waals surface area contributed by atoms with Gasteiger partial charge in [0.2, 0.25) is 5.76 Å². The van der Waals surface area contributed by atoms with E-state index in [1.807, 2.05) is 47.0 Å². The molecular formula is C22H18ClN3O3S. The van der Waals surface area contributed by atoms with Gasteiger partial charge in [0.25, 0.3) is 0 Å². The monoisotopic (exact) mass is 439 g/mol. The molecule has 0 saturated heterocycles. The van der Waals surface area contributed by atoms with Crippen LogP contribution < -0.4 is 0 Å². The molecule has 4 rings (SSSR count). The lowest BCUT2D eigenvalue weighted by Crippen LogP contribution is -2.04. The number of halogens is 1. The number of ether oxygens (including phenoxy) is 1. The molecule has 30 heavy (non-hydrogen) atoms. The molecule has 0 spiro atoms. The van der Waals surface area contributed by atoms with E-state index in [1.54, 1.807) is 12.1 Å². The summed E-state index contributed by atoms with van der Waals surface area (Å²) in [6, 6.07) is 21.0. The summed E-state index contributed by atoms with van der Waals surface area (Å²) in [7, 11) is 1.32. The zero-order valence-corrected chi connectivity index (χ0v) is 17.7. The molecule has 8 heteroatoms. The summed E-state index contributed by atoms with van der Waals surface area (Å²) in [6.45, 7) is 0.599. The van der Waals surface area contributed by atoms with E-state index in [9.17, 15) is 4.79 Å². The molecule has 0 N–H and O–H groups in total. The second kappa shape index (κ2) is 9.19. The van der Waals surface area contributed by atoms with Gasteiger partial charge in [-0.3, -0.25) is 4.57 Å². The van der Waals surface area contributed by atoms with Gasteiger partial charge in [0.05, 0.1) is 24.4 Å². The number of aromatic nitrogens is 3. The Hall–Kier alpha value is -3.03. The fourth-order valence-electron chi connectivity index (χ4n) is 2.95. The van der Waals surface area contributed by atoms with Crippen molar-refractivity contribution < 1.29 is 13.9 Å². The van der Waals surface area contributed by atoms with Crippen LogP contribution in [0.4, 0.5) is 0 Å². The maximum atomic E-state index is 11.6. The van der Waals surface area contributed by atoms with Crippen molar-refractivity contribution in [3.63, 3.8) is 0 Å². The highest BCUT2D eigenvalue weighted by molar-refractivity contribution is 7.98. The van der Waals surface area contributed by atoms with Crippen LogP contribution in [0.15, 0.2) is 76.3 Å². The van der Waals surface area contributed by atoms with E-state index < -0.39 is 5.97 Å². The topological polar surface area (TPSA) is 70.2 Å². The van der Waals surface area contributed by atoms with Crippen LogP contribution in [-0.2, 0) is 17.0 Å². The van der Waals surface area contributed by atoms with Gasteiger partial charge in [0.15, 0.2) is 11.0 Å². The fourth-order valence-corrected chi connectivity index (χ4v) is 4.00. The van der Waals surface area contributed by atoms with Gasteiger partial charge in [0.1, 0.15) is 5.76 Å². The Bertz CT molecular complexity index is 1160. The van der Waals surface area contributed by atoms with Gasteiger partial charge in [-0.15, -0.1) is 10.2 Å². The first-order valence-electron chi connectivity index (χ1n) is 9.17. The van der Waals surface area contributed by atoms with Crippen molar-refractivity contribution in [2.45, 2.75) is 17.5 Å². The van der Waals surface area contributed by atoms with Crippen molar-refractivity contribution in [1.29, 1.82) is 0 Å². The number of hydrogen-bond donors (Lipinski definition) is 0. The lowest BCUT2D eigenvalue weighted by Gasteiger charge is -2.11. The number of nitrogens with zero attached hydrogens (tertiary/aromatic N) is 3. The van der Waals surface area contributed by atoms with Gasteiger partial charge in [0, 0.05) is 5.56 Å². The highest BCUT2D eigenvalue weighted by atomic mass is 35.5. The van der Waals surface area contributed by atoms with Crippen molar-refractivity contribution >= 4 is 29.3 Å². The van der Waals surface area contributed by atoms with Gasteiger partial charge in [-0.1, -0.05) is 65.8 Å². The molecule has 4 aromatic rings. The van der Waals surface area contributed by atoms with Crippen molar-refractivity contribution in [3.05, 3.63) is 88.8 Å². The third-order valence-corrected chi connectivity index (χ3v) is 5.73. The fraction of sp³-hybridized carbons (Fsp3) is 0.136. The zero-order chi connectivity index (χ0) is 20.9. The summed E-state index contributed by atoms with van der Waals surface area (Å²) < 4.78 is 12.3. The maximum Gasteiger partial charge on any atom is 0.373 e. The molecule has 0 unspecified atom stereocenters. The Labute approximate surface area is 182 Å². The summed E-state index contributed by atoms with van der Waals surface area (Å²) >= 11 is 7.89. The first kappa shape index (κ1) is 20.3. The third kappa shape index (κ3) is 4.42. The number of esters is 1. The molecular weight excluding hydrogens is 422 g/mol. The first-order valence-corrected chi connectivity index (χ1v) is 10.5. The van der Waals surface area contributed by atoms with Crippen LogP contribution in [0.2, 0.25) is 5.02 Å². The molecule has 0 amide bonds. The second-order valence-electron chi connectivity index (χ2n) is 6.40. The average molecular weight is 440 g/mol. The van der Waals surface area contributed by atoms with E-state index in [2.05, 4.69) is 27.1 Å². The summed E-state index contributed by atoms with van der Waals surface area (Å²) in [6.07, 6.45) is 0. The number of benzene rings is 2. The number of carbonyl (C=O) groups excluding carboxylic acids is 1. The standard InChI is InChI=1S/C22H18ClN3O3S/c1-28-21(27)19-12-11-16(29-19)14-30-22-25-24-20(17-9-5-6-10-18(17)23)26(22)13-15-7-3-2-4-8-15/h2-12H,13-14H2,1H3. The van der Waals surface area contributed by atoms with Crippen LogP contribution in [0.5, 0.6) is 0 Å². The predicted molar refractivity (Wildman–Crippen MR) is 116 cm³/mol. The molecule has 0 bridgehead atoms. The van der Waals surface area contributed by atoms with Crippen molar-refractivity contribution in [2.75, 3.05) is 7.11 Å². The summed E-state index contributed by atoms with van der Waals surface area (Å²) in [5.41, 5.74) is 1.94. The highest BCUT2D eigenvalue weighted by Crippen LogP contribution is 2.31. The zero-order valence-electron chi connectivity index (χ0n) is 16.1. The van der Waals surface area contributed by atoms with E-state index in [0.29, 0.717) is 28.9 Å². The van der Waals surface area contributed by atoms with E-state index in [0.717, 1.165) is 16.3 Å². The Kier molecular flexibility index (Phi) is 6.21. The minimum Gasteiger partial charge on any atom is -0.463 e. The quantitative estimate of drug-likeness (QED) is 0.287. The van der Waals surface area contributed by atoms with E-state index in [-0.39, 0.29) is 5.76 Å². The number of rotatable bonds is 7. The Balaban J connectivity index is 1.63. The lowest BCUT2D eigenvalue weighted by atomic mass is 10.2. The lowest BCUT2D eigenvalue weighted by molar-refractivity contribution is 0.0563. The van der Waals surface area contributed by atoms with E-state index in [1.165, 1.54) is 18.9 Å². The van der Waals surface area contributed by atoms with Gasteiger partial charge in [-0.05, 0) is 29.8 Å². The van der Waals surface area contributed by atoms with E-state index in [4.69, 9.17) is 16.0 Å². The van der Waals surface area contributed by atoms with Gasteiger partial charge < -0.3 is 9.15 Å². The molecule has 0 atom stereocenters. The van der Waals surface area contributed by atoms with Crippen LogP contribution in [0, 0.1) is 0 Å².